The Kier molecular flexibility index (Phi) is 3.02. The Bertz CT molecular complexity index is 539. The zero-order valence-electron chi connectivity index (χ0n) is 8.47. The number of carboxylic acids is 1. The van der Waals surface area contributed by atoms with Gasteiger partial charge in [0, 0.05) is 5.69 Å². The first kappa shape index (κ1) is 11.2. The highest BCUT2D eigenvalue weighted by Crippen LogP contribution is 2.27. The minimum atomic E-state index is -0.876. The Morgan fingerprint density at radius 3 is 3.06 bits per heavy atom. The van der Waals surface area contributed by atoms with Crippen LogP contribution in [0.15, 0.2) is 22.5 Å². The fourth-order valence-corrected chi connectivity index (χ4v) is 2.46. The van der Waals surface area contributed by atoms with Gasteiger partial charge in [-0.2, -0.15) is 0 Å². The molecule has 0 saturated carbocycles. The minimum absolute atomic E-state index is 0.610. The van der Waals surface area contributed by atoms with E-state index in [1.165, 1.54) is 11.3 Å². The second kappa shape index (κ2) is 4.31. The number of nitrogens with one attached hydrogen (secondary N) is 1. The van der Waals surface area contributed by atoms with Crippen LogP contribution in [-0.2, 0) is 4.79 Å². The van der Waals surface area contributed by atoms with Gasteiger partial charge in [-0.05, 0) is 25.1 Å². The average Bonchev–Trinajstić information content (AvgIpc) is 2.57. The summed E-state index contributed by atoms with van der Waals surface area (Å²) in [5, 5.41) is 11.7. The highest BCUT2D eigenvalue weighted by atomic mass is 32.2. The summed E-state index contributed by atoms with van der Waals surface area (Å²) < 4.78 is 1.70. The molecule has 0 spiro atoms. The SMILES string of the molecule is CC(Nc1ccc2nc(S)sc2c1)C(=O)O. The lowest BCUT2D eigenvalue weighted by molar-refractivity contribution is -0.137. The molecule has 0 aliphatic heterocycles. The Morgan fingerprint density at radius 1 is 1.62 bits per heavy atom. The number of thiazole rings is 1. The van der Waals surface area contributed by atoms with Crippen LogP contribution >= 0.6 is 24.0 Å². The zero-order valence-corrected chi connectivity index (χ0v) is 10.2. The van der Waals surface area contributed by atoms with Crippen LogP contribution in [0.3, 0.4) is 0 Å². The van der Waals surface area contributed by atoms with Crippen LogP contribution in [-0.4, -0.2) is 22.1 Å². The van der Waals surface area contributed by atoms with Crippen molar-refractivity contribution in [3.63, 3.8) is 0 Å². The Morgan fingerprint density at radius 2 is 2.38 bits per heavy atom. The van der Waals surface area contributed by atoms with Gasteiger partial charge in [0.25, 0.3) is 0 Å². The first-order chi connectivity index (χ1) is 7.56. The Labute approximate surface area is 102 Å². The molecule has 2 rings (SSSR count). The lowest BCUT2D eigenvalue weighted by Gasteiger charge is -2.10. The van der Waals surface area contributed by atoms with E-state index in [1.807, 2.05) is 18.2 Å². The summed E-state index contributed by atoms with van der Waals surface area (Å²) >= 11 is 5.64. The zero-order chi connectivity index (χ0) is 11.7. The van der Waals surface area contributed by atoms with Crippen molar-refractivity contribution < 1.29 is 9.90 Å². The maximum absolute atomic E-state index is 10.7. The average molecular weight is 254 g/mol. The van der Waals surface area contributed by atoms with Crippen LogP contribution in [0.5, 0.6) is 0 Å². The van der Waals surface area contributed by atoms with Gasteiger partial charge in [0.05, 0.1) is 10.2 Å². The number of anilines is 1. The number of thiol groups is 1. The predicted molar refractivity (Wildman–Crippen MR) is 67.6 cm³/mol. The molecule has 0 radical (unpaired) electrons. The Balaban J connectivity index is 2.28. The van der Waals surface area contributed by atoms with Gasteiger partial charge in [0.2, 0.25) is 0 Å². The van der Waals surface area contributed by atoms with Gasteiger partial charge in [0.15, 0.2) is 0 Å². The van der Waals surface area contributed by atoms with Gasteiger partial charge in [-0.1, -0.05) is 0 Å². The molecule has 1 aromatic carbocycles. The third kappa shape index (κ3) is 2.28. The number of aliphatic carboxylic acids is 1. The summed E-state index contributed by atoms with van der Waals surface area (Å²) in [6, 6.07) is 4.93. The summed E-state index contributed by atoms with van der Waals surface area (Å²) in [5.41, 5.74) is 1.66. The van der Waals surface area contributed by atoms with E-state index < -0.39 is 12.0 Å². The first-order valence-electron chi connectivity index (χ1n) is 4.65. The molecule has 0 bridgehead atoms. The van der Waals surface area contributed by atoms with Gasteiger partial charge < -0.3 is 10.4 Å². The molecule has 0 fully saturated rings. The molecule has 1 unspecified atom stereocenters. The van der Waals surface area contributed by atoms with Crippen LogP contribution in [0.2, 0.25) is 0 Å². The van der Waals surface area contributed by atoms with Crippen LogP contribution in [0.4, 0.5) is 5.69 Å². The maximum atomic E-state index is 10.7. The molecule has 0 amide bonds. The molecule has 2 aromatic rings. The largest absolute Gasteiger partial charge is 0.480 e. The van der Waals surface area contributed by atoms with Crippen molar-refractivity contribution >= 4 is 45.8 Å². The molecule has 1 atom stereocenters. The summed E-state index contributed by atoms with van der Waals surface area (Å²) in [7, 11) is 0. The lowest BCUT2D eigenvalue weighted by atomic mass is 10.2. The molecular weight excluding hydrogens is 244 g/mol. The van der Waals surface area contributed by atoms with Crippen molar-refractivity contribution in [1.29, 1.82) is 0 Å². The smallest absolute Gasteiger partial charge is 0.325 e. The van der Waals surface area contributed by atoms with Gasteiger partial charge in [-0.25, -0.2) is 4.98 Å². The van der Waals surface area contributed by atoms with E-state index in [4.69, 9.17) is 5.11 Å². The van der Waals surface area contributed by atoms with E-state index in [1.54, 1.807) is 6.92 Å². The van der Waals surface area contributed by atoms with Crippen LogP contribution < -0.4 is 5.32 Å². The lowest BCUT2D eigenvalue weighted by Crippen LogP contribution is -2.25. The number of carbonyl (C=O) groups is 1. The van der Waals surface area contributed by atoms with Crippen molar-refractivity contribution in [2.45, 2.75) is 17.3 Å². The van der Waals surface area contributed by atoms with E-state index in [0.29, 0.717) is 4.34 Å². The standard InChI is InChI=1S/C10H10N2O2S2/c1-5(9(13)14)11-6-2-3-7-8(4-6)16-10(15)12-7/h2-5,11H,1H3,(H,12,15)(H,13,14). The molecule has 84 valence electrons. The second-order valence-electron chi connectivity index (χ2n) is 3.38. The second-order valence-corrected chi connectivity index (χ2v) is 5.14. The van der Waals surface area contributed by atoms with E-state index >= 15 is 0 Å². The number of benzene rings is 1. The number of rotatable bonds is 3. The maximum Gasteiger partial charge on any atom is 0.325 e. The quantitative estimate of drug-likeness (QED) is 0.736. The molecule has 4 nitrogen and oxygen atoms in total. The van der Waals surface area contributed by atoms with Crippen molar-refractivity contribution in [3.05, 3.63) is 18.2 Å². The van der Waals surface area contributed by atoms with Crippen LogP contribution in [0.1, 0.15) is 6.92 Å². The number of hydrogen-bond acceptors (Lipinski definition) is 5. The van der Waals surface area contributed by atoms with Crippen molar-refractivity contribution in [1.82, 2.24) is 4.98 Å². The fraction of sp³-hybridized carbons (Fsp3) is 0.200. The molecule has 0 aliphatic carbocycles. The van der Waals surface area contributed by atoms with Crippen LogP contribution in [0, 0.1) is 0 Å². The number of aromatic nitrogens is 1. The Hall–Kier alpha value is -1.27. The minimum Gasteiger partial charge on any atom is -0.480 e. The third-order valence-electron chi connectivity index (χ3n) is 2.13. The number of carboxylic acid groups (broad SMARTS) is 1. The van der Waals surface area contributed by atoms with Gasteiger partial charge >= 0.3 is 5.97 Å². The monoisotopic (exact) mass is 254 g/mol. The summed E-state index contributed by atoms with van der Waals surface area (Å²) in [6.45, 7) is 1.60. The molecule has 0 aliphatic rings. The summed E-state index contributed by atoms with van der Waals surface area (Å²) in [5.74, 6) is -0.876. The van der Waals surface area contributed by atoms with Crippen molar-refractivity contribution in [2.24, 2.45) is 0 Å². The number of hydrogen-bond donors (Lipinski definition) is 3. The first-order valence-corrected chi connectivity index (χ1v) is 5.91. The summed E-state index contributed by atoms with van der Waals surface area (Å²) in [4.78, 5) is 14.9. The summed E-state index contributed by atoms with van der Waals surface area (Å²) in [6.07, 6.45) is 0. The molecule has 1 aromatic heterocycles. The number of fused-ring (bicyclic) bond motifs is 1. The van der Waals surface area contributed by atoms with Gasteiger partial charge in [-0.3, -0.25) is 4.79 Å². The normalized spacial score (nSPS) is 12.6. The highest BCUT2D eigenvalue weighted by Gasteiger charge is 2.10. The van der Waals surface area contributed by atoms with Gasteiger partial charge in [0.1, 0.15) is 10.4 Å². The molecule has 1 heterocycles. The van der Waals surface area contributed by atoms with Gasteiger partial charge in [-0.15, -0.1) is 24.0 Å². The molecule has 16 heavy (non-hydrogen) atoms. The van der Waals surface area contributed by atoms with E-state index in [2.05, 4.69) is 22.9 Å². The predicted octanol–water partition coefficient (Wildman–Crippen LogP) is 2.47. The van der Waals surface area contributed by atoms with Crippen molar-refractivity contribution in [3.8, 4) is 0 Å². The molecular formula is C10H10N2O2S2. The van der Waals surface area contributed by atoms with E-state index in [0.717, 1.165) is 15.9 Å². The van der Waals surface area contributed by atoms with E-state index in [9.17, 15) is 4.79 Å². The molecule has 6 heteroatoms. The van der Waals surface area contributed by atoms with Crippen molar-refractivity contribution in [2.75, 3.05) is 5.32 Å². The van der Waals surface area contributed by atoms with Crippen LogP contribution in [0.25, 0.3) is 10.2 Å². The fourth-order valence-electron chi connectivity index (χ4n) is 1.31. The highest BCUT2D eigenvalue weighted by molar-refractivity contribution is 7.82. The molecule has 2 N–H and O–H groups in total. The van der Waals surface area contributed by atoms with E-state index in [-0.39, 0.29) is 0 Å². The number of nitrogens with zero attached hydrogens (tertiary/aromatic N) is 1. The topological polar surface area (TPSA) is 62.2 Å². The molecule has 0 saturated heterocycles. The third-order valence-corrected chi connectivity index (χ3v) is 3.33.